The van der Waals surface area contributed by atoms with Gasteiger partial charge in [-0.2, -0.15) is 0 Å². The molecule has 3 rings (SSSR count). The molecule has 1 aliphatic rings. The van der Waals surface area contributed by atoms with Crippen LogP contribution in [-0.4, -0.2) is 6.61 Å². The topological polar surface area (TPSA) is 31.6 Å². The first kappa shape index (κ1) is 18.8. The van der Waals surface area contributed by atoms with E-state index in [0.717, 1.165) is 52.2 Å². The minimum atomic E-state index is 0.598. The first-order chi connectivity index (χ1) is 12.5. The Labute approximate surface area is 156 Å². The third-order valence-corrected chi connectivity index (χ3v) is 5.14. The smallest absolute Gasteiger partial charge is 0.141 e. The maximum atomic E-state index is 6.07. The molecule has 0 N–H and O–H groups in total. The van der Waals surface area contributed by atoms with Crippen LogP contribution in [0.15, 0.2) is 28.9 Å². The number of ether oxygens (including phenoxy) is 2. The Bertz CT molecular complexity index is 839. The maximum Gasteiger partial charge on any atom is 0.141 e. The van der Waals surface area contributed by atoms with Gasteiger partial charge < -0.3 is 13.9 Å². The molecule has 0 atom stereocenters. The lowest BCUT2D eigenvalue weighted by Gasteiger charge is -2.20. The van der Waals surface area contributed by atoms with E-state index in [1.54, 1.807) is 0 Å². The second kappa shape index (κ2) is 8.13. The van der Waals surface area contributed by atoms with Gasteiger partial charge in [0.15, 0.2) is 0 Å². The predicted octanol–water partition coefficient (Wildman–Crippen LogP) is 6.85. The largest absolute Gasteiger partial charge is 0.461 e. The number of fused-ring (bicyclic) bond motifs is 2. The van der Waals surface area contributed by atoms with Crippen molar-refractivity contribution in [2.75, 3.05) is 6.61 Å². The molecular formula is C23H30O3. The molecule has 2 aromatic rings. The Kier molecular flexibility index (Phi) is 5.87. The molecule has 3 heteroatoms. The van der Waals surface area contributed by atoms with Crippen LogP contribution in [0.4, 0.5) is 0 Å². The van der Waals surface area contributed by atoms with Gasteiger partial charge in [0.05, 0.1) is 6.61 Å². The van der Waals surface area contributed by atoms with Gasteiger partial charge in [-0.25, -0.2) is 0 Å². The molecule has 0 fully saturated rings. The number of benzene rings is 1. The van der Waals surface area contributed by atoms with E-state index in [9.17, 15) is 0 Å². The van der Waals surface area contributed by atoms with Crippen LogP contribution in [0.1, 0.15) is 68.4 Å². The predicted molar refractivity (Wildman–Crippen MR) is 108 cm³/mol. The molecule has 1 aliphatic heterocycles. The van der Waals surface area contributed by atoms with Crippen molar-refractivity contribution in [3.8, 4) is 5.75 Å². The lowest BCUT2D eigenvalue weighted by molar-refractivity contribution is 0.116. The first-order valence-corrected chi connectivity index (χ1v) is 9.71. The molecule has 0 aliphatic carbocycles. The summed E-state index contributed by atoms with van der Waals surface area (Å²) in [5.74, 6) is 2.46. The van der Waals surface area contributed by atoms with E-state index < -0.39 is 0 Å². The fraction of sp³-hybridized carbons (Fsp3) is 0.478. The Morgan fingerprint density at radius 3 is 2.62 bits per heavy atom. The third kappa shape index (κ3) is 3.73. The summed E-state index contributed by atoms with van der Waals surface area (Å²) in [6.07, 6.45) is 8.24. The lowest BCUT2D eigenvalue weighted by atomic mass is 9.96. The summed E-state index contributed by atoms with van der Waals surface area (Å²) in [7, 11) is 0. The number of allylic oxidation sites excluding steroid dienone is 2. The minimum absolute atomic E-state index is 0.598. The van der Waals surface area contributed by atoms with E-state index in [1.807, 2.05) is 19.9 Å². The van der Waals surface area contributed by atoms with Crippen LogP contribution in [-0.2, 0) is 11.3 Å². The molecule has 26 heavy (non-hydrogen) atoms. The molecule has 1 aromatic heterocycles. The minimum Gasteiger partial charge on any atom is -0.461 e. The summed E-state index contributed by atoms with van der Waals surface area (Å²) in [6, 6.07) is 2.17. The van der Waals surface area contributed by atoms with Gasteiger partial charge in [0.2, 0.25) is 0 Å². The van der Waals surface area contributed by atoms with Gasteiger partial charge in [0.1, 0.15) is 22.9 Å². The maximum absolute atomic E-state index is 6.07. The monoisotopic (exact) mass is 354 g/mol. The van der Waals surface area contributed by atoms with E-state index in [-0.39, 0.29) is 0 Å². The van der Waals surface area contributed by atoms with Gasteiger partial charge in [-0.1, -0.05) is 39.2 Å². The number of furan rings is 1. The highest BCUT2D eigenvalue weighted by Crippen LogP contribution is 2.42. The molecule has 3 nitrogen and oxygen atoms in total. The molecule has 0 saturated carbocycles. The summed E-state index contributed by atoms with van der Waals surface area (Å²) >= 11 is 0. The van der Waals surface area contributed by atoms with Crippen molar-refractivity contribution in [1.29, 1.82) is 0 Å². The van der Waals surface area contributed by atoms with Crippen molar-refractivity contribution in [2.45, 2.75) is 66.4 Å². The van der Waals surface area contributed by atoms with Gasteiger partial charge in [-0.05, 0) is 44.9 Å². The number of aryl methyl sites for hydroxylation is 2. The normalized spacial score (nSPS) is 13.7. The Morgan fingerprint density at radius 1 is 1.08 bits per heavy atom. The zero-order valence-electron chi connectivity index (χ0n) is 16.5. The fourth-order valence-electron chi connectivity index (χ4n) is 3.61. The van der Waals surface area contributed by atoms with E-state index in [1.165, 1.54) is 31.3 Å². The van der Waals surface area contributed by atoms with Gasteiger partial charge >= 0.3 is 0 Å². The van der Waals surface area contributed by atoms with E-state index in [2.05, 4.69) is 26.5 Å². The van der Waals surface area contributed by atoms with Crippen LogP contribution >= 0.6 is 0 Å². The van der Waals surface area contributed by atoms with Crippen molar-refractivity contribution in [1.82, 2.24) is 0 Å². The van der Waals surface area contributed by atoms with Crippen molar-refractivity contribution in [2.24, 2.45) is 0 Å². The summed E-state index contributed by atoms with van der Waals surface area (Å²) in [5, 5.41) is 1.13. The SMILES string of the molecule is C=C1C=C(C)c2cc3c(COCCCCCCC)c(C)oc3c(C)c2O1. The lowest BCUT2D eigenvalue weighted by Crippen LogP contribution is -2.03. The summed E-state index contributed by atoms with van der Waals surface area (Å²) in [4.78, 5) is 0. The van der Waals surface area contributed by atoms with E-state index in [0.29, 0.717) is 12.4 Å². The number of rotatable bonds is 8. The van der Waals surface area contributed by atoms with Crippen LogP contribution in [0.3, 0.4) is 0 Å². The molecule has 140 valence electrons. The van der Waals surface area contributed by atoms with Gasteiger partial charge in [0.25, 0.3) is 0 Å². The molecule has 0 saturated heterocycles. The van der Waals surface area contributed by atoms with Gasteiger partial charge in [0, 0.05) is 28.7 Å². The number of hydrogen-bond acceptors (Lipinski definition) is 3. The Balaban J connectivity index is 1.79. The van der Waals surface area contributed by atoms with Crippen LogP contribution < -0.4 is 4.74 Å². The van der Waals surface area contributed by atoms with Crippen LogP contribution in [0, 0.1) is 13.8 Å². The Hall–Kier alpha value is -2.00. The third-order valence-electron chi connectivity index (χ3n) is 5.14. The molecule has 2 heterocycles. The molecule has 0 amide bonds. The van der Waals surface area contributed by atoms with Crippen LogP contribution in [0.2, 0.25) is 0 Å². The van der Waals surface area contributed by atoms with Crippen molar-refractivity contribution >= 4 is 16.5 Å². The van der Waals surface area contributed by atoms with Crippen molar-refractivity contribution in [3.63, 3.8) is 0 Å². The van der Waals surface area contributed by atoms with Crippen LogP contribution in [0.25, 0.3) is 16.5 Å². The fourth-order valence-corrected chi connectivity index (χ4v) is 3.61. The molecule has 0 bridgehead atoms. The van der Waals surface area contributed by atoms with Gasteiger partial charge in [-0.3, -0.25) is 0 Å². The zero-order chi connectivity index (χ0) is 18.7. The van der Waals surface area contributed by atoms with Crippen LogP contribution in [0.5, 0.6) is 5.75 Å². The molecular weight excluding hydrogens is 324 g/mol. The summed E-state index contributed by atoms with van der Waals surface area (Å²) < 4.78 is 17.9. The molecule has 0 spiro atoms. The summed E-state index contributed by atoms with van der Waals surface area (Å²) in [5.41, 5.74) is 5.36. The standard InChI is InChI=1S/C23H30O3/c1-6-7-8-9-10-11-24-14-21-18(5)26-23-17(4)22-19(13-20(21)23)15(2)12-16(3)25-22/h12-13H,3,6-11,14H2,1-2,4-5H3. The quantitative estimate of drug-likeness (QED) is 0.486. The second-order valence-corrected chi connectivity index (χ2v) is 7.25. The Morgan fingerprint density at radius 2 is 1.85 bits per heavy atom. The highest BCUT2D eigenvalue weighted by atomic mass is 16.5. The average molecular weight is 354 g/mol. The van der Waals surface area contributed by atoms with Crippen molar-refractivity contribution < 1.29 is 13.9 Å². The second-order valence-electron chi connectivity index (χ2n) is 7.25. The van der Waals surface area contributed by atoms with E-state index >= 15 is 0 Å². The highest BCUT2D eigenvalue weighted by Gasteiger charge is 2.22. The average Bonchev–Trinajstić information content (AvgIpc) is 2.91. The molecule has 0 unspecified atom stereocenters. The number of unbranched alkanes of at least 4 members (excludes halogenated alkanes) is 4. The number of hydrogen-bond donors (Lipinski definition) is 0. The molecule has 1 aromatic carbocycles. The first-order valence-electron chi connectivity index (χ1n) is 9.71. The highest BCUT2D eigenvalue weighted by molar-refractivity contribution is 5.92. The summed E-state index contributed by atoms with van der Waals surface area (Å²) in [6.45, 7) is 13.7. The van der Waals surface area contributed by atoms with E-state index in [4.69, 9.17) is 13.9 Å². The van der Waals surface area contributed by atoms with Gasteiger partial charge in [-0.15, -0.1) is 0 Å². The van der Waals surface area contributed by atoms with Crippen molar-refractivity contribution in [3.05, 3.63) is 46.9 Å². The molecule has 0 radical (unpaired) electrons. The zero-order valence-corrected chi connectivity index (χ0v) is 16.5.